The number of aryl methyl sites for hydroxylation is 1. The van der Waals surface area contributed by atoms with Crippen molar-refractivity contribution in [1.82, 2.24) is 5.32 Å². The van der Waals surface area contributed by atoms with E-state index in [2.05, 4.69) is 5.32 Å². The van der Waals surface area contributed by atoms with E-state index in [1.165, 1.54) is 12.1 Å². The maximum absolute atomic E-state index is 13.3. The lowest BCUT2D eigenvalue weighted by atomic mass is 10.2. The number of hydrogen-bond acceptors (Lipinski definition) is 5. The molecule has 0 atom stereocenters. The summed E-state index contributed by atoms with van der Waals surface area (Å²) in [6.45, 7) is 4.88. The summed E-state index contributed by atoms with van der Waals surface area (Å²) in [4.78, 5) is 12.5. The van der Waals surface area contributed by atoms with Crippen LogP contribution in [0.2, 0.25) is 0 Å². The van der Waals surface area contributed by atoms with Gasteiger partial charge in [-0.25, -0.2) is 8.42 Å². The van der Waals surface area contributed by atoms with Gasteiger partial charge in [0.1, 0.15) is 12.3 Å². The summed E-state index contributed by atoms with van der Waals surface area (Å²) in [5.74, 6) is 0.209. The van der Waals surface area contributed by atoms with Gasteiger partial charge in [0.15, 0.2) is 0 Å². The standard InChI is InChI=1S/C21H28N2O5S/c1-4-28-19-10-12-20(13-11-19)29(25,26)23(18-8-6-17(2)7-9-18)16-21(24)22-14-5-15-27-3/h6-13H,4-5,14-16H2,1-3H3,(H,22,24). The molecular formula is C21H28N2O5S. The lowest BCUT2D eigenvalue weighted by Gasteiger charge is -2.24. The Labute approximate surface area is 172 Å². The Morgan fingerprint density at radius 1 is 1.07 bits per heavy atom. The zero-order valence-corrected chi connectivity index (χ0v) is 17.9. The Hall–Kier alpha value is -2.58. The number of sulfonamides is 1. The molecular weight excluding hydrogens is 392 g/mol. The molecule has 0 heterocycles. The van der Waals surface area contributed by atoms with Crippen molar-refractivity contribution in [1.29, 1.82) is 0 Å². The maximum atomic E-state index is 13.3. The second-order valence-electron chi connectivity index (χ2n) is 6.45. The molecule has 29 heavy (non-hydrogen) atoms. The summed E-state index contributed by atoms with van der Waals surface area (Å²) in [6.07, 6.45) is 0.651. The van der Waals surface area contributed by atoms with Gasteiger partial charge in [-0.05, 0) is 56.7 Å². The highest BCUT2D eigenvalue weighted by Crippen LogP contribution is 2.25. The smallest absolute Gasteiger partial charge is 0.264 e. The molecule has 0 saturated carbocycles. The first-order valence-corrected chi connectivity index (χ1v) is 10.9. The van der Waals surface area contributed by atoms with E-state index in [-0.39, 0.29) is 17.3 Å². The summed E-state index contributed by atoms with van der Waals surface area (Å²) in [6, 6.07) is 13.2. The molecule has 2 aromatic rings. The molecule has 0 spiro atoms. The number of anilines is 1. The average Bonchev–Trinajstić information content (AvgIpc) is 2.71. The van der Waals surface area contributed by atoms with Crippen LogP contribution < -0.4 is 14.4 Å². The Morgan fingerprint density at radius 2 is 1.72 bits per heavy atom. The zero-order chi connectivity index (χ0) is 21.3. The Kier molecular flexibility index (Phi) is 8.48. The highest BCUT2D eigenvalue weighted by Gasteiger charge is 2.27. The first kappa shape index (κ1) is 22.7. The van der Waals surface area contributed by atoms with Crippen LogP contribution in [0.15, 0.2) is 53.4 Å². The van der Waals surface area contributed by atoms with Gasteiger partial charge in [0.05, 0.1) is 17.2 Å². The molecule has 0 aliphatic carbocycles. The monoisotopic (exact) mass is 420 g/mol. The van der Waals surface area contributed by atoms with Gasteiger partial charge in [-0.2, -0.15) is 0 Å². The zero-order valence-electron chi connectivity index (χ0n) is 17.1. The lowest BCUT2D eigenvalue weighted by molar-refractivity contribution is -0.119. The topological polar surface area (TPSA) is 84.9 Å². The number of ether oxygens (including phenoxy) is 2. The van der Waals surface area contributed by atoms with E-state index >= 15 is 0 Å². The Bertz CT molecular complexity index is 880. The van der Waals surface area contributed by atoms with Crippen LogP contribution >= 0.6 is 0 Å². The highest BCUT2D eigenvalue weighted by molar-refractivity contribution is 7.92. The predicted molar refractivity (Wildman–Crippen MR) is 113 cm³/mol. The molecule has 2 aromatic carbocycles. The molecule has 0 saturated heterocycles. The van der Waals surface area contributed by atoms with E-state index < -0.39 is 10.0 Å². The Balaban J connectivity index is 2.27. The number of amides is 1. The molecule has 8 heteroatoms. The molecule has 0 radical (unpaired) electrons. The molecule has 0 aliphatic rings. The quantitative estimate of drug-likeness (QED) is 0.565. The molecule has 0 fully saturated rings. The summed E-state index contributed by atoms with van der Waals surface area (Å²) < 4.78 is 38.0. The van der Waals surface area contributed by atoms with E-state index in [4.69, 9.17) is 9.47 Å². The molecule has 7 nitrogen and oxygen atoms in total. The van der Waals surface area contributed by atoms with Gasteiger partial charge in [0, 0.05) is 20.3 Å². The fraction of sp³-hybridized carbons (Fsp3) is 0.381. The van der Waals surface area contributed by atoms with Crippen molar-refractivity contribution < 1.29 is 22.7 Å². The van der Waals surface area contributed by atoms with Crippen molar-refractivity contribution in [3.63, 3.8) is 0 Å². The van der Waals surface area contributed by atoms with Crippen molar-refractivity contribution in [2.24, 2.45) is 0 Å². The van der Waals surface area contributed by atoms with Gasteiger partial charge in [-0.3, -0.25) is 9.10 Å². The van der Waals surface area contributed by atoms with Crippen LogP contribution in [0.4, 0.5) is 5.69 Å². The third-order valence-electron chi connectivity index (χ3n) is 4.18. The van der Waals surface area contributed by atoms with Crippen LogP contribution in [-0.4, -0.2) is 47.7 Å². The van der Waals surface area contributed by atoms with E-state index in [9.17, 15) is 13.2 Å². The number of methoxy groups -OCH3 is 1. The second-order valence-corrected chi connectivity index (χ2v) is 8.31. The van der Waals surface area contributed by atoms with Gasteiger partial charge in [0.25, 0.3) is 10.0 Å². The van der Waals surface area contributed by atoms with Gasteiger partial charge < -0.3 is 14.8 Å². The normalized spacial score (nSPS) is 11.1. The van der Waals surface area contributed by atoms with Gasteiger partial charge in [0.2, 0.25) is 5.91 Å². The second kappa shape index (κ2) is 10.8. The number of carbonyl (C=O) groups is 1. The number of rotatable bonds is 11. The summed E-state index contributed by atoms with van der Waals surface area (Å²) in [5.41, 5.74) is 1.42. The van der Waals surface area contributed by atoms with Crippen LogP contribution in [0.3, 0.4) is 0 Å². The fourth-order valence-corrected chi connectivity index (χ4v) is 4.08. The third kappa shape index (κ3) is 6.47. The summed E-state index contributed by atoms with van der Waals surface area (Å²) in [5, 5.41) is 2.73. The maximum Gasteiger partial charge on any atom is 0.264 e. The van der Waals surface area contributed by atoms with Crippen LogP contribution in [0, 0.1) is 6.92 Å². The van der Waals surface area contributed by atoms with Gasteiger partial charge >= 0.3 is 0 Å². The van der Waals surface area contributed by atoms with Crippen molar-refractivity contribution in [2.45, 2.75) is 25.2 Å². The fourth-order valence-electron chi connectivity index (χ4n) is 2.66. The molecule has 0 aromatic heterocycles. The van der Waals surface area contributed by atoms with Crippen LogP contribution in [-0.2, 0) is 19.6 Å². The highest BCUT2D eigenvalue weighted by atomic mass is 32.2. The van der Waals surface area contributed by atoms with Crippen LogP contribution in [0.5, 0.6) is 5.75 Å². The Morgan fingerprint density at radius 3 is 2.31 bits per heavy atom. The predicted octanol–water partition coefficient (Wildman–Crippen LogP) is 2.74. The lowest BCUT2D eigenvalue weighted by Crippen LogP contribution is -2.41. The molecule has 1 N–H and O–H groups in total. The van der Waals surface area contributed by atoms with Crippen LogP contribution in [0.1, 0.15) is 18.9 Å². The molecule has 1 amide bonds. The van der Waals surface area contributed by atoms with E-state index in [0.29, 0.717) is 37.6 Å². The van der Waals surface area contributed by atoms with Crippen molar-refractivity contribution in [3.8, 4) is 5.75 Å². The number of nitrogens with one attached hydrogen (secondary N) is 1. The van der Waals surface area contributed by atoms with Crippen LogP contribution in [0.25, 0.3) is 0 Å². The van der Waals surface area contributed by atoms with E-state index in [1.807, 2.05) is 26.0 Å². The number of nitrogens with zero attached hydrogens (tertiary/aromatic N) is 1. The first-order chi connectivity index (χ1) is 13.9. The van der Waals surface area contributed by atoms with Crippen molar-refractivity contribution in [3.05, 3.63) is 54.1 Å². The minimum atomic E-state index is -3.94. The SMILES string of the molecule is CCOc1ccc(S(=O)(=O)N(CC(=O)NCCCOC)c2ccc(C)cc2)cc1. The minimum Gasteiger partial charge on any atom is -0.494 e. The minimum absolute atomic E-state index is 0.0914. The molecule has 2 rings (SSSR count). The first-order valence-electron chi connectivity index (χ1n) is 9.46. The largest absolute Gasteiger partial charge is 0.494 e. The number of benzene rings is 2. The van der Waals surface area contributed by atoms with Gasteiger partial charge in [-0.1, -0.05) is 17.7 Å². The molecule has 0 aliphatic heterocycles. The summed E-state index contributed by atoms with van der Waals surface area (Å²) >= 11 is 0. The average molecular weight is 421 g/mol. The van der Waals surface area contributed by atoms with E-state index in [0.717, 1.165) is 9.87 Å². The van der Waals surface area contributed by atoms with Crippen molar-refractivity contribution >= 4 is 21.6 Å². The number of carbonyl (C=O) groups excluding carboxylic acids is 1. The van der Waals surface area contributed by atoms with E-state index in [1.54, 1.807) is 31.4 Å². The number of hydrogen-bond donors (Lipinski definition) is 1. The van der Waals surface area contributed by atoms with Crippen molar-refractivity contribution in [2.75, 3.05) is 37.7 Å². The molecule has 158 valence electrons. The van der Waals surface area contributed by atoms with Gasteiger partial charge in [-0.15, -0.1) is 0 Å². The molecule has 0 unspecified atom stereocenters. The molecule has 0 bridgehead atoms. The summed E-state index contributed by atoms with van der Waals surface area (Å²) in [7, 11) is -2.35. The third-order valence-corrected chi connectivity index (χ3v) is 5.97.